The van der Waals surface area contributed by atoms with Crippen molar-refractivity contribution in [2.75, 3.05) is 33.4 Å². The van der Waals surface area contributed by atoms with Gasteiger partial charge in [-0.1, -0.05) is 6.92 Å². The third-order valence-corrected chi connectivity index (χ3v) is 2.73. The summed E-state index contributed by atoms with van der Waals surface area (Å²) in [4.78, 5) is 13.2. The van der Waals surface area contributed by atoms with Gasteiger partial charge in [-0.05, 0) is 26.4 Å². The van der Waals surface area contributed by atoms with Crippen molar-refractivity contribution >= 4 is 5.97 Å². The van der Waals surface area contributed by atoms with Crippen LogP contribution in [0.15, 0.2) is 0 Å². The molecule has 0 spiro atoms. The lowest BCUT2D eigenvalue weighted by molar-refractivity contribution is -0.150. The van der Waals surface area contributed by atoms with Crippen LogP contribution in [0.3, 0.4) is 0 Å². The number of carbonyl (C=O) groups is 1. The summed E-state index contributed by atoms with van der Waals surface area (Å²) in [5.74, 6) is -0.724. The molecule has 1 rings (SSSR count). The second-order valence-electron chi connectivity index (χ2n) is 4.13. The van der Waals surface area contributed by atoms with E-state index in [2.05, 4.69) is 11.8 Å². The highest BCUT2D eigenvalue weighted by Gasteiger charge is 2.43. The van der Waals surface area contributed by atoms with Gasteiger partial charge < -0.3 is 14.7 Å². The molecular formula is C10H19NO3. The topological polar surface area (TPSA) is 49.8 Å². The standard InChI is InChI=1S/C10H19NO3/c1-3-5-11(2)7-10(9(12)13)4-6-14-8-10/h3-8H2,1-2H3,(H,12,13). The van der Waals surface area contributed by atoms with E-state index in [1.165, 1.54) is 0 Å². The average Bonchev–Trinajstić information content (AvgIpc) is 2.54. The van der Waals surface area contributed by atoms with Crippen molar-refractivity contribution < 1.29 is 14.6 Å². The first kappa shape index (κ1) is 11.5. The molecule has 0 saturated carbocycles. The van der Waals surface area contributed by atoms with Crippen molar-refractivity contribution in [3.8, 4) is 0 Å². The lowest BCUT2D eigenvalue weighted by Gasteiger charge is -2.27. The Morgan fingerprint density at radius 3 is 2.79 bits per heavy atom. The lowest BCUT2D eigenvalue weighted by atomic mass is 9.87. The monoisotopic (exact) mass is 201 g/mol. The van der Waals surface area contributed by atoms with Gasteiger partial charge in [0.05, 0.1) is 6.61 Å². The molecule has 4 nitrogen and oxygen atoms in total. The zero-order valence-electron chi connectivity index (χ0n) is 8.95. The van der Waals surface area contributed by atoms with Crippen LogP contribution in [0.25, 0.3) is 0 Å². The third kappa shape index (κ3) is 2.45. The normalized spacial score (nSPS) is 27.1. The zero-order valence-corrected chi connectivity index (χ0v) is 8.95. The molecule has 4 heteroatoms. The van der Waals surface area contributed by atoms with Crippen LogP contribution >= 0.6 is 0 Å². The summed E-state index contributed by atoms with van der Waals surface area (Å²) >= 11 is 0. The first-order valence-corrected chi connectivity index (χ1v) is 5.10. The number of ether oxygens (including phenoxy) is 1. The molecule has 82 valence electrons. The zero-order chi connectivity index (χ0) is 10.6. The van der Waals surface area contributed by atoms with E-state index < -0.39 is 11.4 Å². The molecule has 14 heavy (non-hydrogen) atoms. The number of carboxylic acids is 1. The Kier molecular flexibility index (Phi) is 3.89. The summed E-state index contributed by atoms with van der Waals surface area (Å²) in [6, 6.07) is 0. The minimum atomic E-state index is -0.724. The molecule has 0 aromatic carbocycles. The fourth-order valence-corrected chi connectivity index (χ4v) is 1.95. The van der Waals surface area contributed by atoms with E-state index in [4.69, 9.17) is 4.74 Å². The molecule has 1 unspecified atom stereocenters. The number of hydrogen-bond donors (Lipinski definition) is 1. The van der Waals surface area contributed by atoms with E-state index in [-0.39, 0.29) is 0 Å². The molecule has 1 aliphatic rings. The Morgan fingerprint density at radius 1 is 1.64 bits per heavy atom. The molecule has 0 aromatic rings. The van der Waals surface area contributed by atoms with Gasteiger partial charge in [0.25, 0.3) is 0 Å². The Morgan fingerprint density at radius 2 is 2.36 bits per heavy atom. The van der Waals surface area contributed by atoms with Gasteiger partial charge in [-0.2, -0.15) is 0 Å². The van der Waals surface area contributed by atoms with Gasteiger partial charge in [-0.3, -0.25) is 4.79 Å². The van der Waals surface area contributed by atoms with Crippen molar-refractivity contribution in [2.45, 2.75) is 19.8 Å². The third-order valence-electron chi connectivity index (χ3n) is 2.73. The summed E-state index contributed by atoms with van der Waals surface area (Å²) in [6.07, 6.45) is 1.68. The Balaban J connectivity index is 2.55. The maximum Gasteiger partial charge on any atom is 0.313 e. The van der Waals surface area contributed by atoms with Crippen molar-refractivity contribution in [1.82, 2.24) is 4.90 Å². The maximum absolute atomic E-state index is 11.2. The highest BCUT2D eigenvalue weighted by molar-refractivity contribution is 5.75. The van der Waals surface area contributed by atoms with E-state index in [0.29, 0.717) is 26.2 Å². The van der Waals surface area contributed by atoms with E-state index in [9.17, 15) is 9.90 Å². The Hall–Kier alpha value is -0.610. The number of aliphatic carboxylic acids is 1. The van der Waals surface area contributed by atoms with Crippen molar-refractivity contribution in [2.24, 2.45) is 5.41 Å². The highest BCUT2D eigenvalue weighted by atomic mass is 16.5. The molecule has 1 fully saturated rings. The Labute approximate surface area is 84.8 Å². The predicted molar refractivity (Wildman–Crippen MR) is 53.3 cm³/mol. The van der Waals surface area contributed by atoms with Crippen LogP contribution in [0.2, 0.25) is 0 Å². The van der Waals surface area contributed by atoms with Crippen LogP contribution in [0, 0.1) is 5.41 Å². The van der Waals surface area contributed by atoms with Gasteiger partial charge in [-0.15, -0.1) is 0 Å². The fourth-order valence-electron chi connectivity index (χ4n) is 1.95. The second kappa shape index (κ2) is 4.75. The first-order chi connectivity index (χ1) is 6.60. The first-order valence-electron chi connectivity index (χ1n) is 5.10. The number of hydrogen-bond acceptors (Lipinski definition) is 3. The number of carboxylic acid groups (broad SMARTS) is 1. The van der Waals surface area contributed by atoms with E-state index in [1.54, 1.807) is 0 Å². The summed E-state index contributed by atoms with van der Waals surface area (Å²) < 4.78 is 5.19. The largest absolute Gasteiger partial charge is 0.481 e. The van der Waals surface area contributed by atoms with E-state index in [0.717, 1.165) is 13.0 Å². The second-order valence-corrected chi connectivity index (χ2v) is 4.13. The lowest BCUT2D eigenvalue weighted by Crippen LogP contribution is -2.42. The molecule has 1 saturated heterocycles. The molecule has 1 heterocycles. The number of nitrogens with zero attached hydrogens (tertiary/aromatic N) is 1. The molecule has 0 radical (unpaired) electrons. The summed E-state index contributed by atoms with van der Waals surface area (Å²) in [5, 5.41) is 9.17. The smallest absolute Gasteiger partial charge is 0.313 e. The van der Waals surface area contributed by atoms with E-state index in [1.807, 2.05) is 7.05 Å². The minimum Gasteiger partial charge on any atom is -0.481 e. The van der Waals surface area contributed by atoms with Gasteiger partial charge in [0.15, 0.2) is 0 Å². The van der Waals surface area contributed by atoms with Crippen LogP contribution in [0.5, 0.6) is 0 Å². The molecule has 0 aliphatic carbocycles. The van der Waals surface area contributed by atoms with Crippen LogP contribution in [-0.2, 0) is 9.53 Å². The van der Waals surface area contributed by atoms with E-state index >= 15 is 0 Å². The molecule has 0 bridgehead atoms. The number of rotatable bonds is 5. The van der Waals surface area contributed by atoms with Gasteiger partial charge in [0.2, 0.25) is 0 Å². The molecule has 1 atom stereocenters. The van der Waals surface area contributed by atoms with Gasteiger partial charge in [0.1, 0.15) is 5.41 Å². The Bertz CT molecular complexity index is 200. The van der Waals surface area contributed by atoms with Crippen LogP contribution in [0.1, 0.15) is 19.8 Å². The quantitative estimate of drug-likeness (QED) is 0.715. The predicted octanol–water partition coefficient (Wildman–Crippen LogP) is 0.820. The van der Waals surface area contributed by atoms with Gasteiger partial charge in [-0.25, -0.2) is 0 Å². The maximum atomic E-state index is 11.2. The molecule has 0 amide bonds. The van der Waals surface area contributed by atoms with Crippen LogP contribution in [-0.4, -0.2) is 49.3 Å². The molecule has 1 N–H and O–H groups in total. The van der Waals surface area contributed by atoms with Crippen LogP contribution in [0.4, 0.5) is 0 Å². The van der Waals surface area contributed by atoms with Gasteiger partial charge >= 0.3 is 5.97 Å². The van der Waals surface area contributed by atoms with Crippen molar-refractivity contribution in [3.05, 3.63) is 0 Å². The summed E-state index contributed by atoms with van der Waals surface area (Å²) in [7, 11) is 1.96. The SMILES string of the molecule is CCCN(C)CC1(C(=O)O)CCOC1. The minimum absolute atomic E-state index is 0.358. The fraction of sp³-hybridized carbons (Fsp3) is 0.900. The molecule has 1 aliphatic heterocycles. The highest BCUT2D eigenvalue weighted by Crippen LogP contribution is 2.29. The van der Waals surface area contributed by atoms with Crippen molar-refractivity contribution in [1.29, 1.82) is 0 Å². The van der Waals surface area contributed by atoms with Crippen molar-refractivity contribution in [3.63, 3.8) is 0 Å². The summed E-state index contributed by atoms with van der Waals surface area (Å²) in [6.45, 7) is 4.56. The average molecular weight is 201 g/mol. The summed E-state index contributed by atoms with van der Waals surface area (Å²) in [5.41, 5.74) is -0.663. The van der Waals surface area contributed by atoms with Gasteiger partial charge in [0, 0.05) is 13.2 Å². The van der Waals surface area contributed by atoms with Crippen LogP contribution < -0.4 is 0 Å². The molecular weight excluding hydrogens is 182 g/mol. The molecule has 0 aromatic heterocycles.